The highest BCUT2D eigenvalue weighted by atomic mass is 35.5. The van der Waals surface area contributed by atoms with Crippen molar-refractivity contribution >= 4 is 28.4 Å². The van der Waals surface area contributed by atoms with E-state index in [1.54, 1.807) is 6.07 Å². The van der Waals surface area contributed by atoms with Crippen molar-refractivity contribution in [1.29, 1.82) is 0 Å². The molecule has 0 spiro atoms. The van der Waals surface area contributed by atoms with E-state index in [2.05, 4.69) is 25.6 Å². The van der Waals surface area contributed by atoms with Gasteiger partial charge in [-0.25, -0.2) is 9.37 Å². The van der Waals surface area contributed by atoms with Crippen LogP contribution < -0.4 is 20.9 Å². The second-order valence-corrected chi connectivity index (χ2v) is 7.61. The molecule has 1 fully saturated rings. The predicted octanol–water partition coefficient (Wildman–Crippen LogP) is 2.03. The fourth-order valence-electron chi connectivity index (χ4n) is 3.30. The average molecular weight is 462 g/mol. The molecule has 11 heteroatoms. The summed E-state index contributed by atoms with van der Waals surface area (Å²) >= 11 is 5.76. The highest BCUT2D eigenvalue weighted by Gasteiger charge is 2.17. The first kappa shape index (κ1) is 22.1. The maximum absolute atomic E-state index is 13.3. The van der Waals surface area contributed by atoms with Crippen molar-refractivity contribution in [1.82, 2.24) is 25.6 Å². The molecule has 0 aliphatic carbocycles. The summed E-state index contributed by atoms with van der Waals surface area (Å²) in [5.74, 6) is -0.128. The lowest BCUT2D eigenvalue weighted by molar-refractivity contribution is -0.123. The molecule has 1 atom stereocenters. The topological polar surface area (TPSA) is 118 Å². The summed E-state index contributed by atoms with van der Waals surface area (Å²) in [6.45, 7) is 0.903. The van der Waals surface area contributed by atoms with E-state index in [4.69, 9.17) is 21.1 Å². The Morgan fingerprint density at radius 2 is 2.25 bits per heavy atom. The second kappa shape index (κ2) is 10.0. The van der Waals surface area contributed by atoms with E-state index in [1.807, 2.05) is 0 Å². The van der Waals surface area contributed by atoms with Crippen LogP contribution in [0.15, 0.2) is 35.3 Å². The first-order chi connectivity index (χ1) is 15.5. The number of H-pyrrole nitrogens is 1. The van der Waals surface area contributed by atoms with E-state index in [-0.39, 0.29) is 48.2 Å². The summed E-state index contributed by atoms with van der Waals surface area (Å²) in [5.41, 5.74) is 0.578. The fourth-order valence-corrected chi connectivity index (χ4v) is 3.47. The van der Waals surface area contributed by atoms with E-state index >= 15 is 0 Å². The third-order valence-electron chi connectivity index (χ3n) is 4.85. The van der Waals surface area contributed by atoms with Gasteiger partial charge in [0.25, 0.3) is 5.56 Å². The van der Waals surface area contributed by atoms with Crippen LogP contribution in [0, 0.1) is 5.82 Å². The summed E-state index contributed by atoms with van der Waals surface area (Å²) in [6, 6.07) is 5.53. The average Bonchev–Trinajstić information content (AvgIpc) is 3.28. The van der Waals surface area contributed by atoms with Gasteiger partial charge in [-0.05, 0) is 31.0 Å². The molecule has 4 rings (SSSR count). The normalized spacial score (nSPS) is 15.8. The number of aromatic amines is 1. The summed E-state index contributed by atoms with van der Waals surface area (Å²) in [7, 11) is 0. The van der Waals surface area contributed by atoms with Gasteiger partial charge in [-0.3, -0.25) is 14.6 Å². The van der Waals surface area contributed by atoms with E-state index in [9.17, 15) is 14.0 Å². The van der Waals surface area contributed by atoms with Crippen LogP contribution in [-0.2, 0) is 22.7 Å². The molecule has 1 aliphatic rings. The van der Waals surface area contributed by atoms with Gasteiger partial charge in [0.1, 0.15) is 35.7 Å². The van der Waals surface area contributed by atoms with Gasteiger partial charge in [0, 0.05) is 25.4 Å². The number of amides is 1. The number of aromatic nitrogens is 3. The number of carbonyl (C=O) groups excluding carboxylic acids is 1. The van der Waals surface area contributed by atoms with E-state index in [1.165, 1.54) is 24.4 Å². The second-order valence-electron chi connectivity index (χ2n) is 7.20. The van der Waals surface area contributed by atoms with Gasteiger partial charge in [0.15, 0.2) is 0 Å². The van der Waals surface area contributed by atoms with Gasteiger partial charge in [-0.1, -0.05) is 11.6 Å². The molecular formula is C21H21ClFN5O4. The number of halogens is 2. The Hall–Kier alpha value is -3.08. The number of ether oxygens (including phenoxy) is 2. The van der Waals surface area contributed by atoms with Gasteiger partial charge in [0.2, 0.25) is 5.91 Å². The Kier molecular flexibility index (Phi) is 6.93. The van der Waals surface area contributed by atoms with Crippen LogP contribution in [0.3, 0.4) is 0 Å². The number of fused-ring (bicyclic) bond motifs is 1. The van der Waals surface area contributed by atoms with Crippen LogP contribution in [0.25, 0.3) is 10.9 Å². The van der Waals surface area contributed by atoms with Crippen molar-refractivity contribution in [2.75, 3.05) is 13.2 Å². The summed E-state index contributed by atoms with van der Waals surface area (Å²) in [4.78, 5) is 35.9. The van der Waals surface area contributed by atoms with Crippen molar-refractivity contribution in [2.24, 2.45) is 0 Å². The standard InChI is InChI=1S/C21H21ClFN5O4/c22-14-8-12(3-4-15(14)23)32-11-17-26-20-13(21(30)27-17)5-6-25-16(20)9-24-10-18(29)28-19-2-1-7-31-19/h3-6,8,19,24H,1-2,7,9-11H2,(H,28,29)(H,26,27,30)/t19-/m1/s1. The van der Waals surface area contributed by atoms with Gasteiger partial charge in [-0.15, -0.1) is 0 Å². The number of carbonyl (C=O) groups is 1. The third kappa shape index (κ3) is 5.39. The van der Waals surface area contributed by atoms with Gasteiger partial charge in [-0.2, -0.15) is 0 Å². The molecule has 2 aromatic heterocycles. The molecule has 9 nitrogen and oxygen atoms in total. The Labute approximate surface area is 187 Å². The van der Waals surface area contributed by atoms with Crippen LogP contribution >= 0.6 is 11.6 Å². The molecule has 0 unspecified atom stereocenters. The highest BCUT2D eigenvalue weighted by Crippen LogP contribution is 2.21. The lowest BCUT2D eigenvalue weighted by Crippen LogP contribution is -2.40. The van der Waals surface area contributed by atoms with E-state index in [0.29, 0.717) is 29.0 Å². The fraction of sp³-hybridized carbons (Fsp3) is 0.333. The molecule has 0 saturated carbocycles. The van der Waals surface area contributed by atoms with Crippen LogP contribution in [0.5, 0.6) is 5.75 Å². The molecular weight excluding hydrogens is 441 g/mol. The minimum absolute atomic E-state index is 0.0568. The molecule has 3 aromatic rings. The minimum atomic E-state index is -0.552. The molecule has 0 radical (unpaired) electrons. The maximum Gasteiger partial charge on any atom is 0.258 e. The van der Waals surface area contributed by atoms with Crippen LogP contribution in [-0.4, -0.2) is 40.2 Å². The monoisotopic (exact) mass is 461 g/mol. The van der Waals surface area contributed by atoms with Crippen molar-refractivity contribution in [3.05, 3.63) is 63.2 Å². The minimum Gasteiger partial charge on any atom is -0.486 e. The van der Waals surface area contributed by atoms with Crippen molar-refractivity contribution in [3.63, 3.8) is 0 Å². The van der Waals surface area contributed by atoms with Crippen LogP contribution in [0.2, 0.25) is 5.02 Å². The molecule has 3 N–H and O–H groups in total. The number of hydrogen-bond acceptors (Lipinski definition) is 7. The largest absolute Gasteiger partial charge is 0.486 e. The molecule has 3 heterocycles. The zero-order chi connectivity index (χ0) is 22.5. The Morgan fingerprint density at radius 3 is 3.03 bits per heavy atom. The summed E-state index contributed by atoms with van der Waals surface area (Å²) < 4.78 is 24.2. The molecule has 0 bridgehead atoms. The molecule has 1 aliphatic heterocycles. The van der Waals surface area contributed by atoms with Gasteiger partial charge >= 0.3 is 0 Å². The van der Waals surface area contributed by atoms with Crippen molar-refractivity contribution < 1.29 is 18.7 Å². The molecule has 1 saturated heterocycles. The predicted molar refractivity (Wildman–Crippen MR) is 115 cm³/mol. The molecule has 168 valence electrons. The van der Waals surface area contributed by atoms with Crippen LogP contribution in [0.1, 0.15) is 24.4 Å². The SMILES string of the molecule is O=C(CNCc1nccc2c(=O)[nH]c(COc3ccc(F)c(Cl)c3)nc12)N[C@H]1CCCO1. The number of nitrogens with one attached hydrogen (secondary N) is 3. The van der Waals surface area contributed by atoms with Gasteiger partial charge in [0.05, 0.1) is 22.6 Å². The number of nitrogens with zero attached hydrogens (tertiary/aromatic N) is 2. The first-order valence-electron chi connectivity index (χ1n) is 10.1. The summed E-state index contributed by atoms with van der Waals surface area (Å²) in [5, 5.41) is 6.11. The first-order valence-corrected chi connectivity index (χ1v) is 10.4. The Morgan fingerprint density at radius 1 is 1.38 bits per heavy atom. The van der Waals surface area contributed by atoms with E-state index < -0.39 is 5.82 Å². The van der Waals surface area contributed by atoms with Crippen LogP contribution in [0.4, 0.5) is 4.39 Å². The third-order valence-corrected chi connectivity index (χ3v) is 5.14. The quantitative estimate of drug-likeness (QED) is 0.469. The van der Waals surface area contributed by atoms with Crippen molar-refractivity contribution in [3.8, 4) is 5.75 Å². The smallest absolute Gasteiger partial charge is 0.258 e. The number of pyridine rings is 1. The Balaban J connectivity index is 1.43. The number of rotatable bonds is 8. The van der Waals surface area contributed by atoms with E-state index in [0.717, 1.165) is 12.8 Å². The highest BCUT2D eigenvalue weighted by molar-refractivity contribution is 6.30. The number of benzene rings is 1. The zero-order valence-corrected chi connectivity index (χ0v) is 17.7. The molecule has 1 amide bonds. The zero-order valence-electron chi connectivity index (χ0n) is 17.0. The molecule has 1 aromatic carbocycles. The Bertz CT molecular complexity index is 1180. The number of hydrogen-bond donors (Lipinski definition) is 3. The summed E-state index contributed by atoms with van der Waals surface area (Å²) in [6.07, 6.45) is 3.01. The van der Waals surface area contributed by atoms with Gasteiger partial charge < -0.3 is 25.1 Å². The molecule has 32 heavy (non-hydrogen) atoms. The maximum atomic E-state index is 13.3. The lowest BCUT2D eigenvalue weighted by Gasteiger charge is -2.12. The van der Waals surface area contributed by atoms with Crippen molar-refractivity contribution in [2.45, 2.75) is 32.2 Å². The lowest BCUT2D eigenvalue weighted by atomic mass is 10.2.